The van der Waals surface area contributed by atoms with Crippen molar-refractivity contribution in [1.82, 2.24) is 19.9 Å². The molecule has 1 aliphatic heterocycles. The van der Waals surface area contributed by atoms with Gasteiger partial charge in [0.15, 0.2) is 0 Å². The van der Waals surface area contributed by atoms with Crippen LogP contribution in [0.1, 0.15) is 29.6 Å². The Morgan fingerprint density at radius 2 is 2.14 bits per heavy atom. The first-order valence-corrected chi connectivity index (χ1v) is 9.61. The molecule has 0 aliphatic carbocycles. The van der Waals surface area contributed by atoms with Gasteiger partial charge in [-0.05, 0) is 37.6 Å². The third kappa shape index (κ3) is 3.97. The number of nitrogens with zero attached hydrogens (tertiary/aromatic N) is 3. The molecule has 3 heterocycles. The van der Waals surface area contributed by atoms with Gasteiger partial charge >= 0.3 is 0 Å². The quantitative estimate of drug-likeness (QED) is 0.741. The Hall–Kier alpha value is -2.99. The summed E-state index contributed by atoms with van der Waals surface area (Å²) in [7, 11) is 0. The number of nitrogens with one attached hydrogen (secondary N) is 1. The SMILES string of the molecule is CCOc1cccc(-c2ccc(CN3CCc4nc(C)[nH]c(=O)c4C3)cn2)c1. The minimum atomic E-state index is -0.0187. The largest absolute Gasteiger partial charge is 0.494 e. The molecule has 0 saturated carbocycles. The van der Waals surface area contributed by atoms with E-state index in [0.29, 0.717) is 19.0 Å². The summed E-state index contributed by atoms with van der Waals surface area (Å²) in [6.45, 7) is 6.72. The molecule has 6 nitrogen and oxygen atoms in total. The zero-order valence-electron chi connectivity index (χ0n) is 16.2. The highest BCUT2D eigenvalue weighted by molar-refractivity contribution is 5.61. The van der Waals surface area contributed by atoms with Gasteiger partial charge in [-0.1, -0.05) is 18.2 Å². The van der Waals surface area contributed by atoms with Crippen molar-refractivity contribution in [3.05, 3.63) is 75.6 Å². The summed E-state index contributed by atoms with van der Waals surface area (Å²) in [6, 6.07) is 12.1. The molecule has 2 aromatic heterocycles. The van der Waals surface area contributed by atoms with Crippen molar-refractivity contribution in [3.8, 4) is 17.0 Å². The van der Waals surface area contributed by atoms with Crippen molar-refractivity contribution in [2.24, 2.45) is 0 Å². The Morgan fingerprint density at radius 3 is 2.93 bits per heavy atom. The molecule has 0 spiro atoms. The van der Waals surface area contributed by atoms with Crippen molar-refractivity contribution in [3.63, 3.8) is 0 Å². The smallest absolute Gasteiger partial charge is 0.255 e. The summed E-state index contributed by atoms with van der Waals surface area (Å²) < 4.78 is 5.57. The third-order valence-electron chi connectivity index (χ3n) is 4.94. The molecule has 0 amide bonds. The monoisotopic (exact) mass is 376 g/mol. The molecule has 0 bridgehead atoms. The van der Waals surface area contributed by atoms with Crippen LogP contribution in [0.4, 0.5) is 0 Å². The molecule has 28 heavy (non-hydrogen) atoms. The predicted molar refractivity (Wildman–Crippen MR) is 108 cm³/mol. The van der Waals surface area contributed by atoms with Crippen LogP contribution in [0.3, 0.4) is 0 Å². The van der Waals surface area contributed by atoms with Crippen LogP contribution in [0, 0.1) is 6.92 Å². The highest BCUT2D eigenvalue weighted by Crippen LogP contribution is 2.23. The van der Waals surface area contributed by atoms with E-state index in [1.54, 1.807) is 0 Å². The highest BCUT2D eigenvalue weighted by Gasteiger charge is 2.20. The standard InChI is InChI=1S/C22H24N4O2/c1-3-28-18-6-4-5-17(11-18)20-8-7-16(12-23-20)13-26-10-9-21-19(14-26)22(27)25-15(2)24-21/h4-8,11-12H,3,9-10,13-14H2,1-2H3,(H,24,25,27). The molecule has 0 unspecified atom stereocenters. The van der Waals surface area contributed by atoms with Crippen molar-refractivity contribution < 1.29 is 4.74 Å². The maximum absolute atomic E-state index is 12.2. The van der Waals surface area contributed by atoms with Crippen LogP contribution in [0.15, 0.2) is 47.4 Å². The van der Waals surface area contributed by atoms with E-state index in [1.165, 1.54) is 0 Å². The molecule has 0 atom stereocenters. The lowest BCUT2D eigenvalue weighted by Gasteiger charge is -2.27. The van der Waals surface area contributed by atoms with E-state index < -0.39 is 0 Å². The summed E-state index contributed by atoms with van der Waals surface area (Å²) in [6.07, 6.45) is 2.71. The number of ether oxygens (including phenoxy) is 1. The average molecular weight is 376 g/mol. The van der Waals surface area contributed by atoms with Crippen molar-refractivity contribution in [2.45, 2.75) is 33.4 Å². The van der Waals surface area contributed by atoms with Gasteiger partial charge in [-0.25, -0.2) is 4.98 Å². The second kappa shape index (κ2) is 7.94. The molecule has 0 saturated heterocycles. The van der Waals surface area contributed by atoms with Gasteiger partial charge in [-0.15, -0.1) is 0 Å². The van der Waals surface area contributed by atoms with Crippen LogP contribution in [-0.2, 0) is 19.5 Å². The third-order valence-corrected chi connectivity index (χ3v) is 4.94. The molecule has 0 fully saturated rings. The molecule has 1 N–H and O–H groups in total. The van der Waals surface area contributed by atoms with Gasteiger partial charge in [0.05, 0.1) is 23.6 Å². The van der Waals surface area contributed by atoms with Gasteiger partial charge in [-0.2, -0.15) is 0 Å². The second-order valence-electron chi connectivity index (χ2n) is 7.05. The van der Waals surface area contributed by atoms with E-state index in [9.17, 15) is 4.79 Å². The van der Waals surface area contributed by atoms with E-state index in [-0.39, 0.29) is 5.56 Å². The van der Waals surface area contributed by atoms with E-state index in [4.69, 9.17) is 4.74 Å². The van der Waals surface area contributed by atoms with E-state index in [2.05, 4.69) is 25.9 Å². The van der Waals surface area contributed by atoms with Crippen LogP contribution in [0.2, 0.25) is 0 Å². The molecule has 144 valence electrons. The number of benzene rings is 1. The zero-order valence-corrected chi connectivity index (χ0v) is 16.2. The first-order chi connectivity index (χ1) is 13.6. The van der Waals surface area contributed by atoms with Crippen LogP contribution in [0.5, 0.6) is 5.75 Å². The Kier molecular flexibility index (Phi) is 5.21. The van der Waals surface area contributed by atoms with Crippen molar-refractivity contribution in [2.75, 3.05) is 13.2 Å². The van der Waals surface area contributed by atoms with Crippen molar-refractivity contribution >= 4 is 0 Å². The molecular formula is C22H24N4O2. The van der Waals surface area contributed by atoms with Crippen LogP contribution in [-0.4, -0.2) is 33.0 Å². The minimum Gasteiger partial charge on any atom is -0.494 e. The number of hydrogen-bond acceptors (Lipinski definition) is 5. The number of aromatic amines is 1. The maximum Gasteiger partial charge on any atom is 0.255 e. The fourth-order valence-electron chi connectivity index (χ4n) is 3.60. The van der Waals surface area contributed by atoms with Gasteiger partial charge in [-0.3, -0.25) is 14.7 Å². The number of pyridine rings is 1. The molecule has 1 aliphatic rings. The zero-order chi connectivity index (χ0) is 19.5. The topological polar surface area (TPSA) is 71.1 Å². The molecule has 0 radical (unpaired) electrons. The summed E-state index contributed by atoms with van der Waals surface area (Å²) in [5.74, 6) is 1.54. The second-order valence-corrected chi connectivity index (χ2v) is 7.05. The first kappa shape index (κ1) is 18.4. The minimum absolute atomic E-state index is 0.0187. The lowest BCUT2D eigenvalue weighted by atomic mass is 10.1. The Balaban J connectivity index is 1.47. The highest BCUT2D eigenvalue weighted by atomic mass is 16.5. The fourth-order valence-corrected chi connectivity index (χ4v) is 3.60. The number of fused-ring (bicyclic) bond motifs is 1. The molecule has 6 heteroatoms. The van der Waals surface area contributed by atoms with E-state index in [0.717, 1.165) is 53.3 Å². The number of aryl methyl sites for hydroxylation is 1. The number of aromatic nitrogens is 3. The Morgan fingerprint density at radius 1 is 1.25 bits per heavy atom. The Bertz CT molecular complexity index is 1030. The molecular weight excluding hydrogens is 352 g/mol. The molecule has 1 aromatic carbocycles. The summed E-state index contributed by atoms with van der Waals surface area (Å²) >= 11 is 0. The number of rotatable bonds is 5. The van der Waals surface area contributed by atoms with Crippen molar-refractivity contribution in [1.29, 1.82) is 0 Å². The summed E-state index contributed by atoms with van der Waals surface area (Å²) in [4.78, 5) is 26.4. The van der Waals surface area contributed by atoms with Crippen LogP contribution in [0.25, 0.3) is 11.3 Å². The maximum atomic E-state index is 12.2. The first-order valence-electron chi connectivity index (χ1n) is 9.61. The van der Waals surface area contributed by atoms with Gasteiger partial charge in [0.25, 0.3) is 5.56 Å². The van der Waals surface area contributed by atoms with Gasteiger partial charge in [0.2, 0.25) is 0 Å². The lowest BCUT2D eigenvalue weighted by Crippen LogP contribution is -2.35. The summed E-state index contributed by atoms with van der Waals surface area (Å²) in [5.41, 5.74) is 4.79. The fraction of sp³-hybridized carbons (Fsp3) is 0.318. The Labute approximate surface area is 164 Å². The van der Waals surface area contributed by atoms with Gasteiger partial charge in [0, 0.05) is 37.8 Å². The molecule has 3 aromatic rings. The molecule has 4 rings (SSSR count). The van der Waals surface area contributed by atoms with E-state index >= 15 is 0 Å². The number of hydrogen-bond donors (Lipinski definition) is 1. The predicted octanol–water partition coefficient (Wildman–Crippen LogP) is 3.10. The average Bonchev–Trinajstić information content (AvgIpc) is 2.69. The van der Waals surface area contributed by atoms with Crippen LogP contribution >= 0.6 is 0 Å². The van der Waals surface area contributed by atoms with Crippen LogP contribution < -0.4 is 10.3 Å². The van der Waals surface area contributed by atoms with E-state index in [1.807, 2.05) is 50.4 Å². The normalized spacial score (nSPS) is 13.9. The summed E-state index contributed by atoms with van der Waals surface area (Å²) in [5, 5.41) is 0. The lowest BCUT2D eigenvalue weighted by molar-refractivity contribution is 0.241. The van der Waals surface area contributed by atoms with Gasteiger partial charge < -0.3 is 9.72 Å². The number of H-pyrrole nitrogens is 1. The van der Waals surface area contributed by atoms with Gasteiger partial charge in [0.1, 0.15) is 11.6 Å².